The summed E-state index contributed by atoms with van der Waals surface area (Å²) in [7, 11) is 4.33. The molecule has 1 heterocycles. The van der Waals surface area contributed by atoms with Crippen LogP contribution in [0, 0.1) is 0 Å². The van der Waals surface area contributed by atoms with Gasteiger partial charge in [-0.2, -0.15) is 0 Å². The molecule has 3 heteroatoms. The van der Waals surface area contributed by atoms with Gasteiger partial charge in [0.2, 0.25) is 0 Å². The van der Waals surface area contributed by atoms with E-state index in [-0.39, 0.29) is 18.0 Å². The number of para-hydroxylation sites is 1. The topological polar surface area (TPSA) is 12.5 Å². The van der Waals surface area contributed by atoms with Crippen LogP contribution in [0.5, 0.6) is 5.75 Å². The van der Waals surface area contributed by atoms with Crippen LogP contribution in [0.4, 0.5) is 0 Å². The Morgan fingerprint density at radius 3 is 2.45 bits per heavy atom. The fourth-order valence-electron chi connectivity index (χ4n) is 4.24. The number of fused-ring (bicyclic) bond motifs is 1. The Kier molecular flexibility index (Phi) is 6.17. The van der Waals surface area contributed by atoms with Crippen LogP contribution in [0.15, 0.2) is 24.3 Å². The zero-order valence-electron chi connectivity index (χ0n) is 14.0. The third kappa shape index (κ3) is 3.60. The predicted molar refractivity (Wildman–Crippen MR) is 95.3 cm³/mol. The van der Waals surface area contributed by atoms with Crippen LogP contribution in [0.25, 0.3) is 0 Å². The first-order valence-corrected chi connectivity index (χ1v) is 8.64. The van der Waals surface area contributed by atoms with E-state index in [1.165, 1.54) is 63.5 Å². The molecular weight excluding hydrogens is 294 g/mol. The normalized spacial score (nSPS) is 22.8. The number of benzene rings is 1. The van der Waals surface area contributed by atoms with Crippen molar-refractivity contribution in [1.82, 2.24) is 4.90 Å². The van der Waals surface area contributed by atoms with Crippen LogP contribution in [0.1, 0.15) is 62.8 Å². The summed E-state index contributed by atoms with van der Waals surface area (Å²) < 4.78 is 6.57. The second-order valence-corrected chi connectivity index (χ2v) is 7.12. The van der Waals surface area contributed by atoms with Gasteiger partial charge in [-0.3, -0.25) is 0 Å². The zero-order chi connectivity index (χ0) is 14.7. The van der Waals surface area contributed by atoms with Gasteiger partial charge >= 0.3 is 0 Å². The largest absolute Gasteiger partial charge is 0.486 e. The smallest absolute Gasteiger partial charge is 0.123 e. The summed E-state index contributed by atoms with van der Waals surface area (Å²) in [6.45, 7) is 1.18. The monoisotopic (exact) mass is 323 g/mol. The van der Waals surface area contributed by atoms with Gasteiger partial charge in [0.15, 0.2) is 0 Å². The summed E-state index contributed by atoms with van der Waals surface area (Å²) in [6.07, 6.45) is 10.4. The van der Waals surface area contributed by atoms with Gasteiger partial charge in [0.05, 0.1) is 0 Å². The molecule has 1 aliphatic carbocycles. The first-order chi connectivity index (χ1) is 10.2. The number of ether oxygens (including phenoxy) is 1. The molecule has 1 aromatic carbocycles. The Morgan fingerprint density at radius 2 is 1.77 bits per heavy atom. The minimum absolute atomic E-state index is 0. The third-order valence-corrected chi connectivity index (χ3v) is 5.29. The SMILES string of the molecule is CN(C)CCCC1c2ccccc2OC12CCCCCC2.Cl. The van der Waals surface area contributed by atoms with E-state index < -0.39 is 0 Å². The maximum Gasteiger partial charge on any atom is 0.123 e. The molecular formula is C19H30ClNO. The van der Waals surface area contributed by atoms with E-state index in [0.29, 0.717) is 5.92 Å². The second-order valence-electron chi connectivity index (χ2n) is 7.12. The molecule has 1 unspecified atom stereocenters. The quantitative estimate of drug-likeness (QED) is 0.771. The van der Waals surface area contributed by atoms with Crippen LogP contribution in [0.2, 0.25) is 0 Å². The van der Waals surface area contributed by atoms with E-state index in [4.69, 9.17) is 4.74 Å². The molecule has 124 valence electrons. The lowest BCUT2D eigenvalue weighted by Gasteiger charge is -2.34. The van der Waals surface area contributed by atoms with Crippen molar-refractivity contribution in [1.29, 1.82) is 0 Å². The molecule has 0 N–H and O–H groups in total. The van der Waals surface area contributed by atoms with Gasteiger partial charge < -0.3 is 9.64 Å². The standard InChI is InChI=1S/C19H29NO.ClH/c1-20(2)15-9-11-17-16-10-5-6-12-18(16)21-19(17)13-7-3-4-8-14-19;/h5-6,10,12,17H,3-4,7-9,11,13-15H2,1-2H3;1H. The molecule has 0 amide bonds. The molecule has 2 aliphatic rings. The lowest BCUT2D eigenvalue weighted by molar-refractivity contribution is 0.0473. The number of rotatable bonds is 4. The van der Waals surface area contributed by atoms with Crippen molar-refractivity contribution >= 4 is 12.4 Å². The van der Waals surface area contributed by atoms with E-state index in [1.54, 1.807) is 0 Å². The highest BCUT2D eigenvalue weighted by Gasteiger charge is 2.47. The van der Waals surface area contributed by atoms with Crippen molar-refractivity contribution in [2.75, 3.05) is 20.6 Å². The molecule has 0 saturated heterocycles. The number of nitrogens with zero attached hydrogens (tertiary/aromatic N) is 1. The van der Waals surface area contributed by atoms with Crippen molar-refractivity contribution in [3.8, 4) is 5.75 Å². The molecule has 2 nitrogen and oxygen atoms in total. The fourth-order valence-corrected chi connectivity index (χ4v) is 4.24. The van der Waals surface area contributed by atoms with Gasteiger partial charge in [-0.25, -0.2) is 0 Å². The predicted octanol–water partition coefficient (Wildman–Crippen LogP) is 5.02. The highest BCUT2D eigenvalue weighted by atomic mass is 35.5. The van der Waals surface area contributed by atoms with Crippen LogP contribution in [-0.4, -0.2) is 31.1 Å². The average Bonchev–Trinajstić information content (AvgIpc) is 2.60. The highest BCUT2D eigenvalue weighted by molar-refractivity contribution is 5.85. The third-order valence-electron chi connectivity index (χ3n) is 5.29. The van der Waals surface area contributed by atoms with Gasteiger partial charge in [0.25, 0.3) is 0 Å². The van der Waals surface area contributed by atoms with Crippen molar-refractivity contribution in [3.63, 3.8) is 0 Å². The molecule has 1 aliphatic heterocycles. The summed E-state index contributed by atoms with van der Waals surface area (Å²) in [6, 6.07) is 8.77. The average molecular weight is 324 g/mol. The van der Waals surface area contributed by atoms with Gasteiger partial charge in [0.1, 0.15) is 11.4 Å². The van der Waals surface area contributed by atoms with Crippen molar-refractivity contribution in [3.05, 3.63) is 29.8 Å². The lowest BCUT2D eigenvalue weighted by Crippen LogP contribution is -2.37. The fraction of sp³-hybridized carbons (Fsp3) is 0.684. The highest BCUT2D eigenvalue weighted by Crippen LogP contribution is 2.52. The Morgan fingerprint density at radius 1 is 1.09 bits per heavy atom. The molecule has 1 spiro atoms. The van der Waals surface area contributed by atoms with Gasteiger partial charge in [-0.1, -0.05) is 31.0 Å². The molecule has 0 radical (unpaired) electrons. The summed E-state index contributed by atoms with van der Waals surface area (Å²) in [5.41, 5.74) is 1.57. The Bertz CT molecular complexity index is 466. The van der Waals surface area contributed by atoms with E-state index >= 15 is 0 Å². The van der Waals surface area contributed by atoms with Crippen LogP contribution >= 0.6 is 12.4 Å². The molecule has 0 aromatic heterocycles. The van der Waals surface area contributed by atoms with Crippen LogP contribution < -0.4 is 4.74 Å². The molecule has 1 saturated carbocycles. The Labute approximate surface area is 141 Å². The maximum atomic E-state index is 6.57. The maximum absolute atomic E-state index is 6.57. The van der Waals surface area contributed by atoms with Crippen molar-refractivity contribution < 1.29 is 4.74 Å². The number of hydrogen-bond acceptors (Lipinski definition) is 2. The Balaban J connectivity index is 0.00000176. The summed E-state index contributed by atoms with van der Waals surface area (Å²) in [5, 5.41) is 0. The van der Waals surface area contributed by atoms with Crippen LogP contribution in [0.3, 0.4) is 0 Å². The number of halogens is 1. The summed E-state index contributed by atoms with van der Waals surface area (Å²) in [5.74, 6) is 1.76. The minimum atomic E-state index is 0. The summed E-state index contributed by atoms with van der Waals surface area (Å²) >= 11 is 0. The van der Waals surface area contributed by atoms with E-state index in [0.717, 1.165) is 5.75 Å². The number of hydrogen-bond donors (Lipinski definition) is 0. The zero-order valence-corrected chi connectivity index (χ0v) is 14.8. The molecule has 1 fully saturated rings. The summed E-state index contributed by atoms with van der Waals surface area (Å²) in [4.78, 5) is 2.29. The first-order valence-electron chi connectivity index (χ1n) is 8.64. The first kappa shape index (κ1) is 17.6. The van der Waals surface area contributed by atoms with Crippen molar-refractivity contribution in [2.24, 2.45) is 0 Å². The van der Waals surface area contributed by atoms with Gasteiger partial charge in [0, 0.05) is 11.5 Å². The van der Waals surface area contributed by atoms with Gasteiger partial charge in [-0.15, -0.1) is 12.4 Å². The molecule has 1 aromatic rings. The van der Waals surface area contributed by atoms with Gasteiger partial charge in [-0.05, 0) is 65.2 Å². The molecule has 3 rings (SSSR count). The molecule has 0 bridgehead atoms. The van der Waals surface area contributed by atoms with E-state index in [1.807, 2.05) is 0 Å². The van der Waals surface area contributed by atoms with E-state index in [9.17, 15) is 0 Å². The Hall–Kier alpha value is -0.730. The minimum Gasteiger partial charge on any atom is -0.486 e. The van der Waals surface area contributed by atoms with Crippen molar-refractivity contribution in [2.45, 2.75) is 62.9 Å². The van der Waals surface area contributed by atoms with E-state index in [2.05, 4.69) is 43.3 Å². The lowest BCUT2D eigenvalue weighted by atomic mass is 9.76. The molecule has 1 atom stereocenters. The molecule has 22 heavy (non-hydrogen) atoms. The second kappa shape index (κ2) is 7.70. The van der Waals surface area contributed by atoms with Crippen LogP contribution in [-0.2, 0) is 0 Å².